The number of benzene rings is 1. The Bertz CT molecular complexity index is 395. The van der Waals surface area contributed by atoms with Gasteiger partial charge >= 0.3 is 0 Å². The van der Waals surface area contributed by atoms with Crippen molar-refractivity contribution in [1.82, 2.24) is 5.32 Å². The lowest BCUT2D eigenvalue weighted by atomic mass is 9.95. The van der Waals surface area contributed by atoms with Crippen LogP contribution in [0.25, 0.3) is 0 Å². The third-order valence-electron chi connectivity index (χ3n) is 2.32. The number of phenolic OH excluding ortho intramolecular Hbond substituents is 2. The van der Waals surface area contributed by atoms with Gasteiger partial charge in [-0.1, -0.05) is 13.8 Å². The number of nitrogens with one attached hydrogen (secondary N) is 1. The lowest BCUT2D eigenvalue weighted by molar-refractivity contribution is 0.0910. The summed E-state index contributed by atoms with van der Waals surface area (Å²) in [6.45, 7) is 3.89. The van der Waals surface area contributed by atoms with E-state index < -0.39 is 11.3 Å². The third-order valence-corrected chi connectivity index (χ3v) is 2.32. The van der Waals surface area contributed by atoms with Crippen LogP contribution in [0.2, 0.25) is 0 Å². The van der Waals surface area contributed by atoms with E-state index in [2.05, 4.69) is 5.32 Å². The third kappa shape index (κ3) is 3.96. The molecule has 0 unspecified atom stereocenters. The molecule has 0 saturated heterocycles. The molecule has 0 aromatic heterocycles. The zero-order chi connectivity index (χ0) is 13.1. The number of rotatable bonds is 4. The van der Waals surface area contributed by atoms with Gasteiger partial charge in [0.1, 0.15) is 11.5 Å². The molecule has 0 aliphatic carbocycles. The molecule has 5 heteroatoms. The summed E-state index contributed by atoms with van der Waals surface area (Å²) in [5.41, 5.74) is -0.231. The highest BCUT2D eigenvalue weighted by Crippen LogP contribution is 2.20. The fraction of sp³-hybridized carbons (Fsp3) is 0.417. The van der Waals surface area contributed by atoms with Gasteiger partial charge in [0.25, 0.3) is 5.91 Å². The predicted octanol–water partition coefficient (Wildman–Crippen LogP) is 0.846. The minimum Gasteiger partial charge on any atom is -0.508 e. The Labute approximate surface area is 99.7 Å². The van der Waals surface area contributed by atoms with Gasteiger partial charge in [-0.25, -0.2) is 0 Å². The number of aliphatic hydroxyl groups excluding tert-OH is 1. The summed E-state index contributed by atoms with van der Waals surface area (Å²) in [7, 11) is 0. The monoisotopic (exact) mass is 239 g/mol. The van der Waals surface area contributed by atoms with E-state index in [1.54, 1.807) is 0 Å². The van der Waals surface area contributed by atoms with Crippen molar-refractivity contribution in [3.63, 3.8) is 0 Å². The van der Waals surface area contributed by atoms with Gasteiger partial charge < -0.3 is 20.6 Å². The highest BCUT2D eigenvalue weighted by atomic mass is 16.3. The van der Waals surface area contributed by atoms with Crippen LogP contribution in [-0.2, 0) is 0 Å². The van der Waals surface area contributed by atoms with Crippen LogP contribution in [0.5, 0.6) is 11.5 Å². The van der Waals surface area contributed by atoms with Crippen molar-refractivity contribution in [2.24, 2.45) is 5.41 Å². The Kier molecular flexibility index (Phi) is 3.96. The molecule has 0 radical (unpaired) electrons. The molecule has 94 valence electrons. The van der Waals surface area contributed by atoms with Crippen LogP contribution in [0.4, 0.5) is 0 Å². The Hall–Kier alpha value is -1.75. The summed E-state index contributed by atoms with van der Waals surface area (Å²) in [5, 5.41) is 30.1. The zero-order valence-electron chi connectivity index (χ0n) is 9.90. The number of aromatic hydroxyl groups is 2. The van der Waals surface area contributed by atoms with Gasteiger partial charge in [-0.05, 0) is 12.1 Å². The van der Waals surface area contributed by atoms with Crippen LogP contribution in [0.15, 0.2) is 18.2 Å². The first-order chi connectivity index (χ1) is 7.84. The summed E-state index contributed by atoms with van der Waals surface area (Å²) >= 11 is 0. The average Bonchev–Trinajstić information content (AvgIpc) is 2.24. The van der Waals surface area contributed by atoms with Crippen LogP contribution in [0, 0.1) is 5.41 Å². The molecular formula is C12H17NO4. The molecule has 0 saturated carbocycles. The van der Waals surface area contributed by atoms with E-state index >= 15 is 0 Å². The fourth-order valence-corrected chi connectivity index (χ4v) is 1.20. The maximum Gasteiger partial charge on any atom is 0.251 e. The minimum atomic E-state index is -0.408. The van der Waals surface area contributed by atoms with Gasteiger partial charge in [0.2, 0.25) is 0 Å². The summed E-state index contributed by atoms with van der Waals surface area (Å²) in [4.78, 5) is 11.7. The van der Waals surface area contributed by atoms with Crippen molar-refractivity contribution in [3.05, 3.63) is 23.8 Å². The molecule has 4 N–H and O–H groups in total. The Morgan fingerprint density at radius 2 is 1.76 bits per heavy atom. The first kappa shape index (κ1) is 13.3. The molecule has 5 nitrogen and oxygen atoms in total. The van der Waals surface area contributed by atoms with Crippen LogP contribution in [0.3, 0.4) is 0 Å². The van der Waals surface area contributed by atoms with E-state index in [1.165, 1.54) is 12.1 Å². The van der Waals surface area contributed by atoms with Crippen molar-refractivity contribution >= 4 is 5.91 Å². The van der Waals surface area contributed by atoms with Crippen molar-refractivity contribution in [2.75, 3.05) is 13.2 Å². The van der Waals surface area contributed by atoms with Gasteiger partial charge in [-0.15, -0.1) is 0 Å². The molecule has 0 bridgehead atoms. The largest absolute Gasteiger partial charge is 0.508 e. The van der Waals surface area contributed by atoms with E-state index in [0.717, 1.165) is 6.07 Å². The maximum atomic E-state index is 11.7. The van der Waals surface area contributed by atoms with Crippen LogP contribution in [-0.4, -0.2) is 34.4 Å². The molecule has 1 aromatic rings. The van der Waals surface area contributed by atoms with Crippen LogP contribution < -0.4 is 5.32 Å². The topological polar surface area (TPSA) is 89.8 Å². The Morgan fingerprint density at radius 3 is 2.24 bits per heavy atom. The summed E-state index contributed by atoms with van der Waals surface area (Å²) in [6, 6.07) is 3.68. The van der Waals surface area contributed by atoms with E-state index in [9.17, 15) is 15.0 Å². The molecule has 1 aromatic carbocycles. The molecule has 17 heavy (non-hydrogen) atoms. The van der Waals surface area contributed by atoms with Crippen LogP contribution >= 0.6 is 0 Å². The number of carbonyl (C=O) groups is 1. The normalized spacial score (nSPS) is 11.2. The van der Waals surface area contributed by atoms with Crippen molar-refractivity contribution in [3.8, 4) is 11.5 Å². The van der Waals surface area contributed by atoms with E-state index in [4.69, 9.17) is 5.11 Å². The first-order valence-electron chi connectivity index (χ1n) is 5.26. The minimum absolute atomic E-state index is 0.0431. The van der Waals surface area contributed by atoms with Crippen molar-refractivity contribution < 1.29 is 20.1 Å². The van der Waals surface area contributed by atoms with Gasteiger partial charge in [0.05, 0.1) is 0 Å². The van der Waals surface area contributed by atoms with Gasteiger partial charge in [-0.3, -0.25) is 4.79 Å². The lowest BCUT2D eigenvalue weighted by Gasteiger charge is -2.21. The van der Waals surface area contributed by atoms with Gasteiger partial charge in [0.15, 0.2) is 0 Å². The number of phenols is 2. The average molecular weight is 239 g/mol. The molecule has 1 amide bonds. The zero-order valence-corrected chi connectivity index (χ0v) is 9.90. The molecule has 0 aliphatic heterocycles. The van der Waals surface area contributed by atoms with Gasteiger partial charge in [0, 0.05) is 30.2 Å². The second-order valence-corrected chi connectivity index (χ2v) is 4.74. The van der Waals surface area contributed by atoms with Crippen molar-refractivity contribution in [1.29, 1.82) is 0 Å². The molecule has 0 spiro atoms. The number of carbonyl (C=O) groups excluding carboxylic acids is 1. The van der Waals surface area contributed by atoms with Crippen LogP contribution in [0.1, 0.15) is 24.2 Å². The summed E-state index contributed by atoms with van der Waals surface area (Å²) in [6.07, 6.45) is 0. The quantitative estimate of drug-likeness (QED) is 0.627. The first-order valence-corrected chi connectivity index (χ1v) is 5.26. The van der Waals surface area contributed by atoms with Gasteiger partial charge in [-0.2, -0.15) is 0 Å². The Morgan fingerprint density at radius 1 is 1.24 bits per heavy atom. The number of amides is 1. The maximum absolute atomic E-state index is 11.7. The lowest BCUT2D eigenvalue weighted by Crippen LogP contribution is -2.36. The Balaban J connectivity index is 2.70. The number of hydrogen-bond acceptors (Lipinski definition) is 4. The highest BCUT2D eigenvalue weighted by molar-refractivity contribution is 5.95. The second-order valence-electron chi connectivity index (χ2n) is 4.74. The fourth-order valence-electron chi connectivity index (χ4n) is 1.20. The number of hydrogen-bond donors (Lipinski definition) is 4. The standard InChI is InChI=1S/C12H17NO4/c1-12(2,7-14)6-13-11(17)8-3-9(15)5-10(16)4-8/h3-5,14-16H,6-7H2,1-2H3,(H,13,17). The van der Waals surface area contributed by atoms with Crippen molar-refractivity contribution in [2.45, 2.75) is 13.8 Å². The molecule has 0 atom stereocenters. The highest BCUT2D eigenvalue weighted by Gasteiger charge is 2.18. The molecular weight excluding hydrogens is 222 g/mol. The summed E-state index contributed by atoms with van der Waals surface area (Å²) in [5.74, 6) is -0.745. The smallest absolute Gasteiger partial charge is 0.251 e. The second kappa shape index (κ2) is 5.05. The predicted molar refractivity (Wildman–Crippen MR) is 63.0 cm³/mol. The van der Waals surface area contributed by atoms with E-state index in [-0.39, 0.29) is 23.7 Å². The number of aliphatic hydroxyl groups is 1. The molecule has 0 heterocycles. The molecule has 1 rings (SSSR count). The van der Waals surface area contributed by atoms with E-state index in [0.29, 0.717) is 6.54 Å². The molecule has 0 aliphatic rings. The SMILES string of the molecule is CC(C)(CO)CNC(=O)c1cc(O)cc(O)c1. The van der Waals surface area contributed by atoms with E-state index in [1.807, 2.05) is 13.8 Å². The molecule has 0 fully saturated rings. The summed E-state index contributed by atoms with van der Waals surface area (Å²) < 4.78 is 0.